The van der Waals surface area contributed by atoms with Crippen LogP contribution in [0.15, 0.2) is 22.8 Å². The van der Waals surface area contributed by atoms with Gasteiger partial charge in [-0.15, -0.1) is 0 Å². The minimum atomic E-state index is -0.404. The van der Waals surface area contributed by atoms with Gasteiger partial charge in [-0.1, -0.05) is 0 Å². The van der Waals surface area contributed by atoms with Crippen molar-refractivity contribution in [1.82, 2.24) is 14.7 Å². The number of amides is 3. The predicted octanol–water partition coefficient (Wildman–Crippen LogP) is 1.21. The van der Waals surface area contributed by atoms with Gasteiger partial charge in [0.05, 0.1) is 6.26 Å². The highest BCUT2D eigenvalue weighted by Crippen LogP contribution is 2.15. The predicted molar refractivity (Wildman–Crippen MR) is 88.3 cm³/mol. The minimum absolute atomic E-state index is 0.0605. The molecule has 0 atom stereocenters. The third-order valence-electron chi connectivity index (χ3n) is 4.13. The van der Waals surface area contributed by atoms with E-state index in [1.165, 1.54) is 13.2 Å². The molecular formula is C17H25N3O4. The van der Waals surface area contributed by atoms with Gasteiger partial charge in [-0.25, -0.2) is 0 Å². The second kappa shape index (κ2) is 7.07. The van der Waals surface area contributed by atoms with Crippen LogP contribution in [0.2, 0.25) is 0 Å². The first kappa shape index (κ1) is 18.0. The summed E-state index contributed by atoms with van der Waals surface area (Å²) in [5.41, 5.74) is -0.404. The van der Waals surface area contributed by atoms with Crippen molar-refractivity contribution in [3.05, 3.63) is 24.2 Å². The first-order chi connectivity index (χ1) is 11.2. The van der Waals surface area contributed by atoms with Crippen LogP contribution in [0.5, 0.6) is 0 Å². The van der Waals surface area contributed by atoms with E-state index in [4.69, 9.17) is 4.42 Å². The van der Waals surface area contributed by atoms with Crippen molar-refractivity contribution in [2.24, 2.45) is 0 Å². The molecule has 1 aromatic rings. The summed E-state index contributed by atoms with van der Waals surface area (Å²) in [6.07, 6.45) is 1.47. The Labute approximate surface area is 142 Å². The minimum Gasteiger partial charge on any atom is -0.459 e. The molecule has 1 aliphatic heterocycles. The lowest BCUT2D eigenvalue weighted by Gasteiger charge is -2.38. The average molecular weight is 335 g/mol. The molecular weight excluding hydrogens is 310 g/mol. The Hall–Kier alpha value is -2.31. The molecule has 7 nitrogen and oxygen atoms in total. The van der Waals surface area contributed by atoms with Gasteiger partial charge < -0.3 is 19.1 Å². The summed E-state index contributed by atoms with van der Waals surface area (Å²) in [6, 6.07) is 3.31. The Bertz CT molecular complexity index is 596. The molecule has 0 saturated carbocycles. The lowest BCUT2D eigenvalue weighted by atomic mass is 10.1. The smallest absolute Gasteiger partial charge is 0.289 e. The SMILES string of the molecule is CC(=O)N(CC(=O)N1CCN(C(=O)c2ccco2)CC1)C(C)(C)C. The fourth-order valence-corrected chi connectivity index (χ4v) is 2.77. The molecule has 0 N–H and O–H groups in total. The maximum atomic E-state index is 12.5. The molecule has 1 saturated heterocycles. The van der Waals surface area contributed by atoms with E-state index in [0.717, 1.165) is 0 Å². The van der Waals surface area contributed by atoms with Gasteiger partial charge in [0.25, 0.3) is 5.91 Å². The summed E-state index contributed by atoms with van der Waals surface area (Å²) in [6.45, 7) is 9.08. The first-order valence-electron chi connectivity index (χ1n) is 8.09. The summed E-state index contributed by atoms with van der Waals surface area (Å²) in [4.78, 5) is 41.4. The highest BCUT2D eigenvalue weighted by atomic mass is 16.3. The molecule has 0 aromatic carbocycles. The van der Waals surface area contributed by atoms with Crippen molar-refractivity contribution in [2.75, 3.05) is 32.7 Å². The van der Waals surface area contributed by atoms with Crippen LogP contribution in [0, 0.1) is 0 Å². The van der Waals surface area contributed by atoms with Crippen molar-refractivity contribution in [3.8, 4) is 0 Å². The maximum absolute atomic E-state index is 12.5. The number of rotatable bonds is 3. The normalized spacial score (nSPS) is 15.3. The van der Waals surface area contributed by atoms with Gasteiger partial charge in [-0.2, -0.15) is 0 Å². The van der Waals surface area contributed by atoms with E-state index in [-0.39, 0.29) is 24.3 Å². The van der Waals surface area contributed by atoms with Gasteiger partial charge in [0, 0.05) is 38.6 Å². The number of hydrogen-bond donors (Lipinski definition) is 0. The van der Waals surface area contributed by atoms with E-state index < -0.39 is 5.54 Å². The van der Waals surface area contributed by atoms with Gasteiger partial charge in [0.2, 0.25) is 11.8 Å². The monoisotopic (exact) mass is 335 g/mol. The highest BCUT2D eigenvalue weighted by Gasteiger charge is 2.30. The van der Waals surface area contributed by atoms with Crippen molar-refractivity contribution in [2.45, 2.75) is 33.2 Å². The number of carbonyl (C=O) groups excluding carboxylic acids is 3. The third kappa shape index (κ3) is 4.15. The van der Waals surface area contributed by atoms with E-state index in [2.05, 4.69) is 0 Å². The van der Waals surface area contributed by atoms with Gasteiger partial charge >= 0.3 is 0 Å². The fourth-order valence-electron chi connectivity index (χ4n) is 2.77. The molecule has 0 radical (unpaired) electrons. The first-order valence-corrected chi connectivity index (χ1v) is 8.09. The van der Waals surface area contributed by atoms with E-state index >= 15 is 0 Å². The van der Waals surface area contributed by atoms with Crippen molar-refractivity contribution < 1.29 is 18.8 Å². The molecule has 1 aromatic heterocycles. The molecule has 0 unspecified atom stereocenters. The molecule has 0 aliphatic carbocycles. The number of piperazine rings is 1. The van der Waals surface area contributed by atoms with Crippen molar-refractivity contribution >= 4 is 17.7 Å². The third-order valence-corrected chi connectivity index (χ3v) is 4.13. The van der Waals surface area contributed by atoms with E-state index in [1.54, 1.807) is 26.8 Å². The number of carbonyl (C=O) groups is 3. The Morgan fingerprint density at radius 2 is 1.71 bits per heavy atom. The van der Waals surface area contributed by atoms with E-state index in [9.17, 15) is 14.4 Å². The van der Waals surface area contributed by atoms with Crippen LogP contribution in [-0.4, -0.2) is 70.7 Å². The summed E-state index contributed by atoms with van der Waals surface area (Å²) in [7, 11) is 0. The standard InChI is InChI=1S/C17H25N3O4/c1-13(21)20(17(2,3)4)12-15(22)18-7-9-19(10-8-18)16(23)14-6-5-11-24-14/h5-6,11H,7-10,12H2,1-4H3. The Morgan fingerprint density at radius 1 is 1.12 bits per heavy atom. The van der Waals surface area contributed by atoms with Gasteiger partial charge in [-0.3, -0.25) is 14.4 Å². The summed E-state index contributed by atoms with van der Waals surface area (Å²) in [5, 5.41) is 0. The molecule has 7 heteroatoms. The second-order valence-corrected chi connectivity index (χ2v) is 6.93. The second-order valence-electron chi connectivity index (χ2n) is 6.93. The molecule has 2 rings (SSSR count). The largest absolute Gasteiger partial charge is 0.459 e. The van der Waals surface area contributed by atoms with Crippen molar-refractivity contribution in [3.63, 3.8) is 0 Å². The van der Waals surface area contributed by atoms with Crippen LogP contribution in [0.1, 0.15) is 38.2 Å². The Kier molecular flexibility index (Phi) is 5.31. The zero-order chi connectivity index (χ0) is 17.9. The Morgan fingerprint density at radius 3 is 2.17 bits per heavy atom. The molecule has 24 heavy (non-hydrogen) atoms. The summed E-state index contributed by atoms with van der Waals surface area (Å²) in [5.74, 6) is -0.0647. The summed E-state index contributed by atoms with van der Waals surface area (Å²) >= 11 is 0. The average Bonchev–Trinajstić information content (AvgIpc) is 3.04. The van der Waals surface area contributed by atoms with Crippen LogP contribution in [0.25, 0.3) is 0 Å². The van der Waals surface area contributed by atoms with Crippen LogP contribution in [0.4, 0.5) is 0 Å². The highest BCUT2D eigenvalue weighted by molar-refractivity contribution is 5.91. The van der Waals surface area contributed by atoms with E-state index in [1.807, 2.05) is 20.8 Å². The lowest BCUT2D eigenvalue weighted by molar-refractivity contribution is -0.144. The van der Waals surface area contributed by atoms with Gasteiger partial charge in [0.1, 0.15) is 6.54 Å². The zero-order valence-corrected chi connectivity index (χ0v) is 14.7. The number of hydrogen-bond acceptors (Lipinski definition) is 4. The Balaban J connectivity index is 1.91. The van der Waals surface area contributed by atoms with Crippen LogP contribution in [-0.2, 0) is 9.59 Å². The fraction of sp³-hybridized carbons (Fsp3) is 0.588. The number of nitrogens with zero attached hydrogens (tertiary/aromatic N) is 3. The van der Waals surface area contributed by atoms with Gasteiger partial charge in [-0.05, 0) is 32.9 Å². The van der Waals surface area contributed by atoms with Crippen molar-refractivity contribution in [1.29, 1.82) is 0 Å². The topological polar surface area (TPSA) is 74.1 Å². The summed E-state index contributed by atoms with van der Waals surface area (Å²) < 4.78 is 5.12. The molecule has 1 fully saturated rings. The van der Waals surface area contributed by atoms with Crippen LogP contribution < -0.4 is 0 Å². The van der Waals surface area contributed by atoms with Gasteiger partial charge in [0.15, 0.2) is 5.76 Å². The zero-order valence-electron chi connectivity index (χ0n) is 14.7. The maximum Gasteiger partial charge on any atom is 0.289 e. The molecule has 132 valence electrons. The van der Waals surface area contributed by atoms with Crippen LogP contribution in [0.3, 0.4) is 0 Å². The van der Waals surface area contributed by atoms with Crippen LogP contribution >= 0.6 is 0 Å². The molecule has 0 spiro atoms. The van der Waals surface area contributed by atoms with E-state index in [0.29, 0.717) is 31.9 Å². The number of furan rings is 1. The quantitative estimate of drug-likeness (QED) is 0.832. The molecule has 1 aliphatic rings. The lowest BCUT2D eigenvalue weighted by Crippen LogP contribution is -2.55. The molecule has 0 bridgehead atoms. The molecule has 3 amide bonds. The molecule has 2 heterocycles.